The molecular formula is C23H31N3O3S. The number of ether oxygens (including phenoxy) is 3. The number of nitrogens with zero attached hydrogens (tertiary/aromatic N) is 2. The molecule has 0 spiro atoms. The molecule has 7 heteroatoms. The Hall–Kier alpha value is -2.54. The van der Waals surface area contributed by atoms with Crippen LogP contribution in [-0.2, 0) is 6.54 Å². The third kappa shape index (κ3) is 5.33. The van der Waals surface area contributed by atoms with E-state index in [2.05, 4.69) is 45.5 Å². The molecule has 0 radical (unpaired) electrons. The van der Waals surface area contributed by atoms with Gasteiger partial charge in [0.05, 0.1) is 21.3 Å². The molecule has 162 valence electrons. The first-order chi connectivity index (χ1) is 14.7. The summed E-state index contributed by atoms with van der Waals surface area (Å²) in [4.78, 5) is 8.17. The number of guanidine groups is 1. The molecule has 1 aliphatic heterocycles. The highest BCUT2D eigenvalue weighted by Gasteiger charge is 2.25. The summed E-state index contributed by atoms with van der Waals surface area (Å²) in [7, 11) is 6.72. The Morgan fingerprint density at radius 2 is 1.83 bits per heavy atom. The van der Waals surface area contributed by atoms with Gasteiger partial charge in [-0.2, -0.15) is 0 Å². The minimum absolute atomic E-state index is 0.593. The number of nitrogens with one attached hydrogen (secondary N) is 1. The van der Waals surface area contributed by atoms with Gasteiger partial charge in [-0.3, -0.25) is 4.99 Å². The van der Waals surface area contributed by atoms with E-state index in [0.29, 0.717) is 29.7 Å². The fourth-order valence-electron chi connectivity index (χ4n) is 3.70. The van der Waals surface area contributed by atoms with Crippen LogP contribution in [0.5, 0.6) is 17.2 Å². The van der Waals surface area contributed by atoms with Crippen LogP contribution in [0, 0.1) is 5.92 Å². The normalized spacial score (nSPS) is 16.5. The molecule has 3 rings (SSSR count). The van der Waals surface area contributed by atoms with Gasteiger partial charge in [0.15, 0.2) is 17.5 Å². The summed E-state index contributed by atoms with van der Waals surface area (Å²) >= 11 is 1.93. The summed E-state index contributed by atoms with van der Waals surface area (Å²) in [6, 6.07) is 14.5. The number of hydrogen-bond acceptors (Lipinski definition) is 5. The maximum Gasteiger partial charge on any atom is 0.203 e. The third-order valence-electron chi connectivity index (χ3n) is 5.25. The zero-order chi connectivity index (χ0) is 21.3. The van der Waals surface area contributed by atoms with Crippen LogP contribution in [0.4, 0.5) is 0 Å². The molecule has 1 N–H and O–H groups in total. The summed E-state index contributed by atoms with van der Waals surface area (Å²) in [5, 5.41) is 3.48. The number of aliphatic imine (C=N–C) groups is 1. The van der Waals surface area contributed by atoms with Crippen molar-refractivity contribution in [2.45, 2.75) is 17.9 Å². The predicted molar refractivity (Wildman–Crippen MR) is 123 cm³/mol. The molecule has 1 atom stereocenters. The highest BCUT2D eigenvalue weighted by molar-refractivity contribution is 7.99. The second-order valence-electron chi connectivity index (χ2n) is 7.12. The SMILES string of the molecule is CN=C(NCc1ccc(OC)c(OC)c1OC)N1CCC(CSc2ccccc2)C1. The second kappa shape index (κ2) is 11.0. The van der Waals surface area contributed by atoms with Gasteiger partial charge in [-0.25, -0.2) is 0 Å². The first-order valence-corrected chi connectivity index (χ1v) is 11.1. The van der Waals surface area contributed by atoms with Gasteiger partial charge in [-0.1, -0.05) is 18.2 Å². The smallest absolute Gasteiger partial charge is 0.203 e. The van der Waals surface area contributed by atoms with Crippen LogP contribution in [0.15, 0.2) is 52.4 Å². The van der Waals surface area contributed by atoms with Gasteiger partial charge in [0, 0.05) is 42.9 Å². The quantitative estimate of drug-likeness (QED) is 0.390. The van der Waals surface area contributed by atoms with Gasteiger partial charge in [0.25, 0.3) is 0 Å². The summed E-state index contributed by atoms with van der Waals surface area (Å²) in [6.45, 7) is 2.63. The maximum absolute atomic E-state index is 5.59. The van der Waals surface area contributed by atoms with Gasteiger partial charge in [-0.15, -0.1) is 11.8 Å². The summed E-state index contributed by atoms with van der Waals surface area (Å²) in [5.74, 6) is 4.64. The molecule has 0 saturated carbocycles. The maximum atomic E-state index is 5.59. The molecule has 1 unspecified atom stereocenters. The number of benzene rings is 2. The van der Waals surface area contributed by atoms with Crippen LogP contribution in [0.25, 0.3) is 0 Å². The lowest BCUT2D eigenvalue weighted by atomic mass is 10.1. The van der Waals surface area contributed by atoms with E-state index in [9.17, 15) is 0 Å². The Balaban J connectivity index is 1.58. The minimum atomic E-state index is 0.593. The number of rotatable bonds is 8. The standard InChI is InChI=1S/C23H31N3O3S/c1-24-23(25-14-18-10-11-20(27-2)22(29-4)21(18)28-3)26-13-12-17(15-26)16-30-19-8-6-5-7-9-19/h5-11,17H,12-16H2,1-4H3,(H,24,25). The topological polar surface area (TPSA) is 55.3 Å². The highest BCUT2D eigenvalue weighted by atomic mass is 32.2. The Kier molecular flexibility index (Phi) is 8.13. The van der Waals surface area contributed by atoms with E-state index < -0.39 is 0 Å². The van der Waals surface area contributed by atoms with Crippen molar-refractivity contribution in [3.8, 4) is 17.2 Å². The first-order valence-electron chi connectivity index (χ1n) is 10.1. The zero-order valence-electron chi connectivity index (χ0n) is 18.2. The molecule has 1 saturated heterocycles. The molecule has 2 aromatic carbocycles. The second-order valence-corrected chi connectivity index (χ2v) is 8.21. The molecule has 0 aromatic heterocycles. The summed E-state index contributed by atoms with van der Waals surface area (Å²) < 4.78 is 16.4. The Bertz CT molecular complexity index is 845. The fraction of sp³-hybridized carbons (Fsp3) is 0.435. The third-order valence-corrected chi connectivity index (χ3v) is 6.49. The van der Waals surface area contributed by atoms with Crippen molar-refractivity contribution in [2.75, 3.05) is 47.2 Å². The van der Waals surface area contributed by atoms with Crippen LogP contribution >= 0.6 is 11.8 Å². The molecule has 1 aliphatic rings. The van der Waals surface area contributed by atoms with Crippen molar-refractivity contribution >= 4 is 17.7 Å². The lowest BCUT2D eigenvalue weighted by molar-refractivity contribution is 0.322. The average Bonchev–Trinajstić information content (AvgIpc) is 3.27. The van der Waals surface area contributed by atoms with E-state index in [-0.39, 0.29) is 0 Å². The number of likely N-dealkylation sites (tertiary alicyclic amines) is 1. The number of thioether (sulfide) groups is 1. The van der Waals surface area contributed by atoms with Crippen molar-refractivity contribution < 1.29 is 14.2 Å². The van der Waals surface area contributed by atoms with Crippen molar-refractivity contribution in [2.24, 2.45) is 10.9 Å². The fourth-order valence-corrected chi connectivity index (χ4v) is 4.75. The van der Waals surface area contributed by atoms with Gasteiger partial charge in [-0.05, 0) is 36.6 Å². The van der Waals surface area contributed by atoms with Gasteiger partial charge in [0.1, 0.15) is 0 Å². The van der Waals surface area contributed by atoms with Crippen LogP contribution in [0.1, 0.15) is 12.0 Å². The minimum Gasteiger partial charge on any atom is -0.493 e. The van der Waals surface area contributed by atoms with Crippen molar-refractivity contribution in [3.63, 3.8) is 0 Å². The molecule has 30 heavy (non-hydrogen) atoms. The average molecular weight is 430 g/mol. The highest BCUT2D eigenvalue weighted by Crippen LogP contribution is 2.39. The van der Waals surface area contributed by atoms with E-state index in [0.717, 1.165) is 30.4 Å². The Morgan fingerprint density at radius 1 is 1.07 bits per heavy atom. The van der Waals surface area contributed by atoms with Crippen LogP contribution in [0.2, 0.25) is 0 Å². The molecule has 0 amide bonds. The molecule has 0 aliphatic carbocycles. The Morgan fingerprint density at radius 3 is 2.50 bits per heavy atom. The van der Waals surface area contributed by atoms with Gasteiger partial charge < -0.3 is 24.4 Å². The first kappa shape index (κ1) is 22.2. The zero-order valence-corrected chi connectivity index (χ0v) is 19.0. The van der Waals surface area contributed by atoms with E-state index in [1.807, 2.05) is 30.9 Å². The van der Waals surface area contributed by atoms with E-state index in [1.54, 1.807) is 21.3 Å². The van der Waals surface area contributed by atoms with Crippen LogP contribution in [0.3, 0.4) is 0 Å². The summed E-state index contributed by atoms with van der Waals surface area (Å²) in [5.41, 5.74) is 0.992. The number of hydrogen-bond donors (Lipinski definition) is 1. The van der Waals surface area contributed by atoms with Crippen molar-refractivity contribution in [1.29, 1.82) is 0 Å². The van der Waals surface area contributed by atoms with Crippen molar-refractivity contribution in [3.05, 3.63) is 48.0 Å². The molecule has 2 aromatic rings. The van der Waals surface area contributed by atoms with E-state index in [1.165, 1.54) is 11.3 Å². The molecule has 0 bridgehead atoms. The Labute approximate surface area is 183 Å². The van der Waals surface area contributed by atoms with Crippen LogP contribution < -0.4 is 19.5 Å². The molecule has 1 heterocycles. The molecule has 1 fully saturated rings. The van der Waals surface area contributed by atoms with Gasteiger partial charge >= 0.3 is 0 Å². The molecular weight excluding hydrogens is 398 g/mol. The lowest BCUT2D eigenvalue weighted by Gasteiger charge is -2.23. The van der Waals surface area contributed by atoms with Crippen LogP contribution in [-0.4, -0.2) is 58.1 Å². The number of methoxy groups -OCH3 is 3. The van der Waals surface area contributed by atoms with Crippen molar-refractivity contribution in [1.82, 2.24) is 10.2 Å². The monoisotopic (exact) mass is 429 g/mol. The molecule has 6 nitrogen and oxygen atoms in total. The van der Waals surface area contributed by atoms with Gasteiger partial charge in [0.2, 0.25) is 5.75 Å². The van der Waals surface area contributed by atoms with E-state index in [4.69, 9.17) is 14.2 Å². The largest absolute Gasteiger partial charge is 0.493 e. The van der Waals surface area contributed by atoms with E-state index >= 15 is 0 Å². The summed E-state index contributed by atoms with van der Waals surface area (Å²) in [6.07, 6.45) is 1.18. The predicted octanol–water partition coefficient (Wildman–Crippen LogP) is 3.90. The lowest BCUT2D eigenvalue weighted by Crippen LogP contribution is -2.39.